The zero-order chi connectivity index (χ0) is 16.1. The standard InChI is InChI=1S/C6H9F3O2.C4H6F2O2/c1-5(2,4(10)11-3)6(7,8)9;1-4(5,6)3(7)8-2/h1-3H3;1-2H3. The molecule has 19 heavy (non-hydrogen) atoms. The van der Waals surface area contributed by atoms with Crippen LogP contribution < -0.4 is 0 Å². The maximum Gasteiger partial charge on any atom is 0.404 e. The number of ether oxygens (including phenoxy) is 2. The molecule has 0 aliphatic rings. The summed E-state index contributed by atoms with van der Waals surface area (Å²) in [6, 6.07) is 0. The van der Waals surface area contributed by atoms with E-state index in [9.17, 15) is 31.5 Å². The maximum absolute atomic E-state index is 12.0. The van der Waals surface area contributed by atoms with Crippen molar-refractivity contribution in [1.82, 2.24) is 0 Å². The monoisotopic (exact) mass is 294 g/mol. The Labute approximate surface area is 106 Å². The Morgan fingerprint density at radius 2 is 1.11 bits per heavy atom. The third kappa shape index (κ3) is 6.35. The first-order valence-electron chi connectivity index (χ1n) is 4.83. The number of methoxy groups -OCH3 is 2. The van der Waals surface area contributed by atoms with E-state index in [1.54, 1.807) is 0 Å². The van der Waals surface area contributed by atoms with Gasteiger partial charge in [0, 0.05) is 6.92 Å². The Morgan fingerprint density at radius 1 is 0.789 bits per heavy atom. The van der Waals surface area contributed by atoms with Crippen LogP contribution in [0.25, 0.3) is 0 Å². The van der Waals surface area contributed by atoms with Crippen LogP contribution in [0.15, 0.2) is 0 Å². The molecular formula is C10H15F5O4. The first kappa shape index (κ1) is 19.9. The van der Waals surface area contributed by atoms with E-state index in [1.807, 2.05) is 0 Å². The normalized spacial score (nSPS) is 12.1. The summed E-state index contributed by atoms with van der Waals surface area (Å²) in [6.45, 7) is 2.04. The van der Waals surface area contributed by atoms with Crippen molar-refractivity contribution in [3.05, 3.63) is 0 Å². The smallest absolute Gasteiger partial charge is 0.404 e. The summed E-state index contributed by atoms with van der Waals surface area (Å²) in [5, 5.41) is 0. The lowest BCUT2D eigenvalue weighted by Gasteiger charge is -2.24. The average molecular weight is 294 g/mol. The fraction of sp³-hybridized carbons (Fsp3) is 0.800. The van der Waals surface area contributed by atoms with Gasteiger partial charge in [-0.15, -0.1) is 0 Å². The highest BCUT2D eigenvalue weighted by atomic mass is 19.4. The number of alkyl halides is 5. The molecule has 0 spiro atoms. The molecule has 0 fully saturated rings. The third-order valence-electron chi connectivity index (χ3n) is 1.95. The fourth-order valence-corrected chi connectivity index (χ4v) is 0.550. The Balaban J connectivity index is 0. The van der Waals surface area contributed by atoms with E-state index in [1.165, 1.54) is 0 Å². The third-order valence-corrected chi connectivity index (χ3v) is 1.95. The fourth-order valence-electron chi connectivity index (χ4n) is 0.550. The van der Waals surface area contributed by atoms with Gasteiger partial charge in [0.2, 0.25) is 0 Å². The second-order valence-electron chi connectivity index (χ2n) is 3.99. The van der Waals surface area contributed by atoms with Crippen LogP contribution in [0.3, 0.4) is 0 Å². The second kappa shape index (κ2) is 6.67. The van der Waals surface area contributed by atoms with Gasteiger partial charge in [0.05, 0.1) is 14.2 Å². The van der Waals surface area contributed by atoms with E-state index in [0.717, 1.165) is 28.1 Å². The number of rotatable bonds is 2. The molecule has 0 saturated carbocycles. The number of halogens is 5. The van der Waals surface area contributed by atoms with Crippen molar-refractivity contribution in [2.75, 3.05) is 14.2 Å². The van der Waals surface area contributed by atoms with Crippen LogP contribution in [0.2, 0.25) is 0 Å². The zero-order valence-electron chi connectivity index (χ0n) is 11.0. The van der Waals surface area contributed by atoms with Gasteiger partial charge in [-0.1, -0.05) is 0 Å². The summed E-state index contributed by atoms with van der Waals surface area (Å²) in [7, 11) is 1.84. The molecule has 0 unspecified atom stereocenters. The molecule has 0 saturated heterocycles. The Kier molecular flexibility index (Phi) is 6.99. The molecule has 0 bridgehead atoms. The summed E-state index contributed by atoms with van der Waals surface area (Å²) < 4.78 is 66.9. The highest BCUT2D eigenvalue weighted by Gasteiger charge is 2.53. The lowest BCUT2D eigenvalue weighted by atomic mass is 9.93. The molecule has 0 amide bonds. The van der Waals surface area contributed by atoms with Gasteiger partial charge in [-0.2, -0.15) is 22.0 Å². The summed E-state index contributed by atoms with van der Waals surface area (Å²) in [4.78, 5) is 20.4. The second-order valence-corrected chi connectivity index (χ2v) is 3.99. The SMILES string of the molecule is COC(=O)C(C)(C)C(F)(F)F.COC(=O)C(C)(F)F. The molecule has 0 aromatic carbocycles. The van der Waals surface area contributed by atoms with E-state index in [2.05, 4.69) is 9.47 Å². The van der Waals surface area contributed by atoms with Crippen molar-refractivity contribution < 1.29 is 41.0 Å². The van der Waals surface area contributed by atoms with Crippen LogP contribution in [0, 0.1) is 5.41 Å². The zero-order valence-corrected chi connectivity index (χ0v) is 11.0. The molecular weight excluding hydrogens is 279 g/mol. The van der Waals surface area contributed by atoms with E-state index in [-0.39, 0.29) is 0 Å². The number of hydrogen-bond donors (Lipinski definition) is 0. The van der Waals surface area contributed by atoms with Crippen LogP contribution in [0.4, 0.5) is 22.0 Å². The highest BCUT2D eigenvalue weighted by molar-refractivity contribution is 5.77. The molecule has 0 heterocycles. The highest BCUT2D eigenvalue weighted by Crippen LogP contribution is 2.38. The summed E-state index contributed by atoms with van der Waals surface area (Å²) in [5.74, 6) is -6.13. The average Bonchev–Trinajstić information content (AvgIpc) is 2.24. The number of hydrogen-bond acceptors (Lipinski definition) is 4. The largest absolute Gasteiger partial charge is 0.468 e. The minimum Gasteiger partial charge on any atom is -0.468 e. The summed E-state index contributed by atoms with van der Waals surface area (Å²) >= 11 is 0. The molecule has 0 atom stereocenters. The quantitative estimate of drug-likeness (QED) is 0.580. The van der Waals surface area contributed by atoms with Crippen LogP contribution in [0.5, 0.6) is 0 Å². The number of carbonyl (C=O) groups is 2. The Bertz CT molecular complexity index is 317. The van der Waals surface area contributed by atoms with Crippen molar-refractivity contribution in [2.45, 2.75) is 32.9 Å². The molecule has 4 nitrogen and oxygen atoms in total. The predicted octanol–water partition coefficient (Wildman–Crippen LogP) is 2.56. The van der Waals surface area contributed by atoms with E-state index >= 15 is 0 Å². The van der Waals surface area contributed by atoms with Crippen molar-refractivity contribution in [3.8, 4) is 0 Å². The summed E-state index contributed by atoms with van der Waals surface area (Å²) in [6.07, 6.45) is -4.56. The number of carbonyl (C=O) groups excluding carboxylic acids is 2. The van der Waals surface area contributed by atoms with Gasteiger partial charge >= 0.3 is 24.0 Å². The minimum atomic E-state index is -4.56. The van der Waals surface area contributed by atoms with E-state index in [0.29, 0.717) is 6.92 Å². The van der Waals surface area contributed by atoms with Crippen LogP contribution in [0.1, 0.15) is 20.8 Å². The lowest BCUT2D eigenvalue weighted by molar-refractivity contribution is -0.223. The summed E-state index contributed by atoms with van der Waals surface area (Å²) in [5.41, 5.74) is -2.41. The molecule has 0 aliphatic heterocycles. The van der Waals surface area contributed by atoms with Crippen molar-refractivity contribution in [3.63, 3.8) is 0 Å². The van der Waals surface area contributed by atoms with Gasteiger partial charge in [0.1, 0.15) is 0 Å². The molecule has 9 heteroatoms. The van der Waals surface area contributed by atoms with Gasteiger partial charge in [-0.25, -0.2) is 4.79 Å². The van der Waals surface area contributed by atoms with Gasteiger partial charge in [-0.05, 0) is 13.8 Å². The molecule has 0 aliphatic carbocycles. The molecule has 0 radical (unpaired) electrons. The van der Waals surface area contributed by atoms with E-state index in [4.69, 9.17) is 0 Å². The Hall–Kier alpha value is -1.41. The molecule has 114 valence electrons. The van der Waals surface area contributed by atoms with Gasteiger partial charge < -0.3 is 9.47 Å². The van der Waals surface area contributed by atoms with Crippen molar-refractivity contribution in [2.24, 2.45) is 5.41 Å². The molecule has 0 rings (SSSR count). The molecule has 0 aromatic rings. The van der Waals surface area contributed by atoms with Crippen LogP contribution in [-0.4, -0.2) is 38.3 Å². The van der Waals surface area contributed by atoms with Crippen LogP contribution in [-0.2, 0) is 19.1 Å². The van der Waals surface area contributed by atoms with Crippen molar-refractivity contribution >= 4 is 11.9 Å². The number of esters is 2. The Morgan fingerprint density at radius 3 is 1.16 bits per heavy atom. The molecule has 0 aromatic heterocycles. The van der Waals surface area contributed by atoms with Crippen molar-refractivity contribution in [1.29, 1.82) is 0 Å². The van der Waals surface area contributed by atoms with Gasteiger partial charge in [0.15, 0.2) is 5.41 Å². The van der Waals surface area contributed by atoms with Crippen LogP contribution >= 0.6 is 0 Å². The predicted molar refractivity (Wildman–Crippen MR) is 54.5 cm³/mol. The lowest BCUT2D eigenvalue weighted by Crippen LogP contribution is -2.40. The van der Waals surface area contributed by atoms with Gasteiger partial charge in [-0.3, -0.25) is 4.79 Å². The first-order valence-corrected chi connectivity index (χ1v) is 4.83. The minimum absolute atomic E-state index is 0.485. The maximum atomic E-state index is 12.0. The first-order chi connectivity index (χ1) is 8.21. The van der Waals surface area contributed by atoms with E-state index < -0.39 is 29.5 Å². The molecule has 0 N–H and O–H groups in total. The topological polar surface area (TPSA) is 52.6 Å². The van der Waals surface area contributed by atoms with Gasteiger partial charge in [0.25, 0.3) is 0 Å².